The fraction of sp³-hybridized carbons (Fsp3) is 0.364. The highest BCUT2D eigenvalue weighted by molar-refractivity contribution is 14.1. The Morgan fingerprint density at radius 1 is 1.29 bits per heavy atom. The van der Waals surface area contributed by atoms with Gasteiger partial charge in [-0.25, -0.2) is 4.98 Å². The van der Waals surface area contributed by atoms with Crippen molar-refractivity contribution < 1.29 is 13.2 Å². The van der Waals surface area contributed by atoms with Crippen molar-refractivity contribution in [1.29, 1.82) is 0 Å². The molecule has 2 nitrogen and oxygen atoms in total. The summed E-state index contributed by atoms with van der Waals surface area (Å²) in [5.41, 5.74) is 0.908. The summed E-state index contributed by atoms with van der Waals surface area (Å²) in [5, 5.41) is 0. The van der Waals surface area contributed by atoms with Crippen LogP contribution in [0.15, 0.2) is 18.2 Å². The molecule has 92 valence electrons. The number of nitrogens with zero attached hydrogens (tertiary/aromatic N) is 2. The van der Waals surface area contributed by atoms with Gasteiger partial charge in [0.05, 0.1) is 11.0 Å². The summed E-state index contributed by atoms with van der Waals surface area (Å²) in [6.45, 7) is 3.43. The summed E-state index contributed by atoms with van der Waals surface area (Å²) in [4.78, 5) is 3.70. The average Bonchev–Trinajstić information content (AvgIpc) is 2.55. The third-order valence-electron chi connectivity index (χ3n) is 2.42. The zero-order valence-corrected chi connectivity index (χ0v) is 11.4. The third kappa shape index (κ3) is 2.27. The van der Waals surface area contributed by atoms with Crippen molar-refractivity contribution in [2.75, 3.05) is 0 Å². The van der Waals surface area contributed by atoms with Crippen molar-refractivity contribution in [3.05, 3.63) is 27.6 Å². The van der Waals surface area contributed by atoms with Gasteiger partial charge in [-0.3, -0.25) is 0 Å². The minimum Gasteiger partial charge on any atom is -0.318 e. The lowest BCUT2D eigenvalue weighted by molar-refractivity contribution is -0.147. The Morgan fingerprint density at radius 2 is 1.94 bits per heavy atom. The molecule has 0 spiro atoms. The number of rotatable bonds is 1. The molecule has 0 N–H and O–H groups in total. The Labute approximate surface area is 110 Å². The molecule has 0 amide bonds. The van der Waals surface area contributed by atoms with Crippen LogP contribution in [-0.4, -0.2) is 9.55 Å². The molecule has 0 fully saturated rings. The molecule has 0 aliphatic heterocycles. The molecule has 0 bridgehead atoms. The highest BCUT2D eigenvalue weighted by atomic mass is 127. The van der Waals surface area contributed by atoms with Crippen LogP contribution in [0.3, 0.4) is 0 Å². The van der Waals surface area contributed by atoms with Crippen molar-refractivity contribution in [3.63, 3.8) is 0 Å². The summed E-state index contributed by atoms with van der Waals surface area (Å²) >= 11 is 2.06. The van der Waals surface area contributed by atoms with Crippen molar-refractivity contribution >= 4 is 33.6 Å². The molecular weight excluding hydrogens is 344 g/mol. The van der Waals surface area contributed by atoms with Gasteiger partial charge in [0.25, 0.3) is 0 Å². The first-order valence-electron chi connectivity index (χ1n) is 5.05. The normalized spacial score (nSPS) is 12.6. The van der Waals surface area contributed by atoms with Crippen LogP contribution in [-0.2, 0) is 6.18 Å². The van der Waals surface area contributed by atoms with Crippen LogP contribution in [0.2, 0.25) is 0 Å². The van der Waals surface area contributed by atoms with Gasteiger partial charge >= 0.3 is 6.18 Å². The van der Waals surface area contributed by atoms with Gasteiger partial charge in [0.15, 0.2) is 0 Å². The fourth-order valence-electron chi connectivity index (χ4n) is 1.79. The van der Waals surface area contributed by atoms with Gasteiger partial charge in [0.1, 0.15) is 0 Å². The van der Waals surface area contributed by atoms with Crippen molar-refractivity contribution in [2.45, 2.75) is 26.1 Å². The number of hydrogen-bond donors (Lipinski definition) is 0. The molecule has 2 aromatic rings. The van der Waals surface area contributed by atoms with E-state index in [4.69, 9.17) is 0 Å². The fourth-order valence-corrected chi connectivity index (χ4v) is 2.27. The standard InChI is InChI=1S/C11H10F3IN2/c1-6(2)17-9-4-3-7(15)5-8(9)16-10(17)11(12,13)14/h3-6H,1-2H3. The van der Waals surface area contributed by atoms with Crippen molar-refractivity contribution in [2.24, 2.45) is 0 Å². The second-order valence-electron chi connectivity index (χ2n) is 4.03. The van der Waals surface area contributed by atoms with E-state index in [9.17, 15) is 13.2 Å². The Balaban J connectivity index is 2.80. The van der Waals surface area contributed by atoms with Gasteiger partial charge in [-0.1, -0.05) is 0 Å². The van der Waals surface area contributed by atoms with E-state index in [0.29, 0.717) is 11.0 Å². The topological polar surface area (TPSA) is 17.8 Å². The monoisotopic (exact) mass is 354 g/mol. The zero-order chi connectivity index (χ0) is 12.8. The van der Waals surface area contributed by atoms with Crippen LogP contribution < -0.4 is 0 Å². The number of hydrogen-bond acceptors (Lipinski definition) is 1. The van der Waals surface area contributed by atoms with Crippen LogP contribution in [0.5, 0.6) is 0 Å². The summed E-state index contributed by atoms with van der Waals surface area (Å²) in [6.07, 6.45) is -4.42. The molecule has 1 heterocycles. The lowest BCUT2D eigenvalue weighted by Crippen LogP contribution is -2.16. The number of halogens is 4. The van der Waals surface area contributed by atoms with E-state index in [1.807, 2.05) is 0 Å². The maximum Gasteiger partial charge on any atom is 0.449 e. The van der Waals surface area contributed by atoms with Gasteiger partial charge < -0.3 is 4.57 Å². The third-order valence-corrected chi connectivity index (χ3v) is 3.09. The summed E-state index contributed by atoms with van der Waals surface area (Å²) in [5.74, 6) is -0.829. The maximum atomic E-state index is 12.9. The van der Waals surface area contributed by atoms with E-state index in [1.54, 1.807) is 32.0 Å². The minimum atomic E-state index is -4.42. The molecule has 6 heteroatoms. The van der Waals surface area contributed by atoms with Gasteiger partial charge in [-0.05, 0) is 54.6 Å². The first-order valence-corrected chi connectivity index (χ1v) is 6.13. The molecular formula is C11H10F3IN2. The number of benzene rings is 1. The highest BCUT2D eigenvalue weighted by Crippen LogP contribution is 2.33. The van der Waals surface area contributed by atoms with Gasteiger partial charge in [0.2, 0.25) is 5.82 Å². The van der Waals surface area contributed by atoms with Crippen LogP contribution in [0.1, 0.15) is 25.7 Å². The highest BCUT2D eigenvalue weighted by Gasteiger charge is 2.38. The zero-order valence-electron chi connectivity index (χ0n) is 9.22. The molecule has 1 aromatic carbocycles. The van der Waals surface area contributed by atoms with Crippen LogP contribution in [0.25, 0.3) is 11.0 Å². The van der Waals surface area contributed by atoms with E-state index >= 15 is 0 Å². The maximum absolute atomic E-state index is 12.9. The Bertz CT molecular complexity index is 558. The lowest BCUT2D eigenvalue weighted by atomic mass is 10.3. The van der Waals surface area contributed by atoms with E-state index in [1.165, 1.54) is 4.57 Å². The number of alkyl halides is 3. The molecule has 0 unspecified atom stereocenters. The molecule has 0 saturated carbocycles. The van der Waals surface area contributed by atoms with Crippen LogP contribution in [0.4, 0.5) is 13.2 Å². The molecule has 0 aliphatic rings. The van der Waals surface area contributed by atoms with Crippen LogP contribution in [0, 0.1) is 3.57 Å². The molecule has 17 heavy (non-hydrogen) atoms. The van der Waals surface area contributed by atoms with E-state index in [-0.39, 0.29) is 6.04 Å². The molecule has 0 saturated heterocycles. The predicted octanol–water partition coefficient (Wildman–Crippen LogP) is 4.24. The second-order valence-corrected chi connectivity index (χ2v) is 5.28. The second kappa shape index (κ2) is 4.15. The SMILES string of the molecule is CC(C)n1c(C(F)(F)F)nc2cc(I)ccc21. The number of aromatic nitrogens is 2. The number of imidazole rings is 1. The van der Waals surface area contributed by atoms with Crippen LogP contribution >= 0.6 is 22.6 Å². The Hall–Kier alpha value is -0.790. The lowest BCUT2D eigenvalue weighted by Gasteiger charge is -2.14. The smallest absolute Gasteiger partial charge is 0.318 e. The largest absolute Gasteiger partial charge is 0.449 e. The Kier molecular flexibility index (Phi) is 3.09. The first kappa shape index (κ1) is 12.7. The summed E-state index contributed by atoms with van der Waals surface area (Å²) < 4.78 is 40.7. The molecule has 2 rings (SSSR count). The molecule has 0 aliphatic carbocycles. The first-order chi connectivity index (χ1) is 7.80. The van der Waals surface area contributed by atoms with E-state index in [2.05, 4.69) is 27.6 Å². The van der Waals surface area contributed by atoms with E-state index < -0.39 is 12.0 Å². The molecule has 0 radical (unpaired) electrons. The van der Waals surface area contributed by atoms with E-state index in [0.717, 1.165) is 3.57 Å². The van der Waals surface area contributed by atoms with Gasteiger partial charge in [-0.2, -0.15) is 13.2 Å². The minimum absolute atomic E-state index is 0.281. The van der Waals surface area contributed by atoms with Gasteiger partial charge in [-0.15, -0.1) is 0 Å². The number of fused-ring (bicyclic) bond motifs is 1. The molecule has 1 aromatic heterocycles. The quantitative estimate of drug-likeness (QED) is 0.701. The summed E-state index contributed by atoms with van der Waals surface area (Å²) in [7, 11) is 0. The average molecular weight is 354 g/mol. The molecule has 0 atom stereocenters. The van der Waals surface area contributed by atoms with Crippen molar-refractivity contribution in [3.8, 4) is 0 Å². The summed E-state index contributed by atoms with van der Waals surface area (Å²) in [6, 6.07) is 4.84. The van der Waals surface area contributed by atoms with Crippen molar-refractivity contribution in [1.82, 2.24) is 9.55 Å². The Morgan fingerprint density at radius 3 is 2.47 bits per heavy atom. The predicted molar refractivity (Wildman–Crippen MR) is 67.8 cm³/mol. The van der Waals surface area contributed by atoms with Gasteiger partial charge in [0, 0.05) is 9.61 Å².